The minimum Gasteiger partial charge on any atom is -0.352 e. The smallest absolute Gasteiger partial charge is 0.237 e. The fourth-order valence-electron chi connectivity index (χ4n) is 2.01. The summed E-state index contributed by atoms with van der Waals surface area (Å²) in [6, 6.07) is 5.96. The molecule has 0 aliphatic rings. The quantitative estimate of drug-likeness (QED) is 0.829. The molecule has 0 aliphatic heterocycles. The van der Waals surface area contributed by atoms with Gasteiger partial charge in [-0.3, -0.25) is 4.79 Å². The first kappa shape index (κ1) is 15.6. The minimum absolute atomic E-state index is 0.136. The highest BCUT2D eigenvalue weighted by Gasteiger charge is 2.17. The summed E-state index contributed by atoms with van der Waals surface area (Å²) < 4.78 is 13.5. The van der Waals surface area contributed by atoms with Crippen molar-refractivity contribution < 1.29 is 9.18 Å². The van der Waals surface area contributed by atoms with E-state index in [4.69, 9.17) is 5.73 Å². The van der Waals surface area contributed by atoms with Crippen molar-refractivity contribution in [3.63, 3.8) is 0 Å². The molecule has 0 heterocycles. The van der Waals surface area contributed by atoms with Crippen LogP contribution in [0.2, 0.25) is 0 Å². The zero-order chi connectivity index (χ0) is 14.4. The number of amides is 1. The number of carbonyl (C=O) groups excluding carboxylic acids is 1. The van der Waals surface area contributed by atoms with Crippen molar-refractivity contribution in [2.75, 3.05) is 0 Å². The Kier molecular flexibility index (Phi) is 5.96. The summed E-state index contributed by atoms with van der Waals surface area (Å²) in [5.74, 6) is -0.0322. The zero-order valence-electron chi connectivity index (χ0n) is 11.8. The average Bonchev–Trinajstić information content (AvgIpc) is 2.31. The molecule has 3 nitrogen and oxygen atoms in total. The lowest BCUT2D eigenvalue weighted by Gasteiger charge is -2.19. The van der Waals surface area contributed by atoms with Gasteiger partial charge in [0.15, 0.2) is 0 Å². The fraction of sp³-hybridized carbons (Fsp3) is 0.533. The van der Waals surface area contributed by atoms with Crippen LogP contribution in [-0.2, 0) is 11.2 Å². The molecule has 1 aromatic carbocycles. The molecule has 0 bridgehead atoms. The number of nitrogens with one attached hydrogen (secondary N) is 1. The van der Waals surface area contributed by atoms with Gasteiger partial charge < -0.3 is 11.1 Å². The van der Waals surface area contributed by atoms with Crippen molar-refractivity contribution in [2.45, 2.75) is 45.7 Å². The predicted molar refractivity (Wildman–Crippen MR) is 75.1 cm³/mol. The number of halogens is 1. The number of hydrogen-bond donors (Lipinski definition) is 2. The second-order valence-corrected chi connectivity index (χ2v) is 5.44. The van der Waals surface area contributed by atoms with Crippen LogP contribution in [0.5, 0.6) is 0 Å². The van der Waals surface area contributed by atoms with E-state index in [1.807, 2.05) is 20.8 Å². The van der Waals surface area contributed by atoms with E-state index in [2.05, 4.69) is 5.32 Å². The van der Waals surface area contributed by atoms with Gasteiger partial charge in [-0.2, -0.15) is 0 Å². The molecule has 0 spiro atoms. The average molecular weight is 266 g/mol. The number of carbonyl (C=O) groups is 1. The standard InChI is InChI=1S/C15H23FN2O/c1-10(2)8-14(17)15(19)18-11(3)9-12-6-4-5-7-13(12)16/h4-7,10-11,14H,8-9,17H2,1-3H3,(H,18,19)/t11?,14-/m0/s1. The topological polar surface area (TPSA) is 55.1 Å². The molecule has 1 amide bonds. The Morgan fingerprint density at radius 3 is 2.53 bits per heavy atom. The monoisotopic (exact) mass is 266 g/mol. The van der Waals surface area contributed by atoms with Crippen LogP contribution in [0.4, 0.5) is 4.39 Å². The molecule has 0 saturated heterocycles. The van der Waals surface area contributed by atoms with Crippen LogP contribution in [0.15, 0.2) is 24.3 Å². The molecule has 1 rings (SSSR count). The van der Waals surface area contributed by atoms with Gasteiger partial charge in [0.05, 0.1) is 6.04 Å². The molecular formula is C15H23FN2O. The van der Waals surface area contributed by atoms with Gasteiger partial charge in [-0.25, -0.2) is 4.39 Å². The molecule has 106 valence electrons. The predicted octanol–water partition coefficient (Wildman–Crippen LogP) is 2.25. The maximum absolute atomic E-state index is 13.5. The van der Waals surface area contributed by atoms with E-state index in [1.54, 1.807) is 18.2 Å². The van der Waals surface area contributed by atoms with Crippen molar-refractivity contribution in [1.29, 1.82) is 0 Å². The molecule has 0 aromatic heterocycles. The van der Waals surface area contributed by atoms with E-state index in [0.29, 0.717) is 24.3 Å². The SMILES string of the molecule is CC(C)C[C@H](N)C(=O)NC(C)Cc1ccccc1F. The minimum atomic E-state index is -0.497. The van der Waals surface area contributed by atoms with Gasteiger partial charge in [-0.05, 0) is 37.3 Å². The third kappa shape index (κ3) is 5.39. The zero-order valence-corrected chi connectivity index (χ0v) is 11.8. The van der Waals surface area contributed by atoms with E-state index in [9.17, 15) is 9.18 Å². The third-order valence-corrected chi connectivity index (χ3v) is 2.93. The molecule has 3 N–H and O–H groups in total. The summed E-state index contributed by atoms with van der Waals surface area (Å²) in [5.41, 5.74) is 6.41. The third-order valence-electron chi connectivity index (χ3n) is 2.93. The summed E-state index contributed by atoms with van der Waals surface area (Å²) >= 11 is 0. The Morgan fingerprint density at radius 2 is 1.95 bits per heavy atom. The van der Waals surface area contributed by atoms with Crippen LogP contribution >= 0.6 is 0 Å². The Labute approximate surface area is 114 Å². The van der Waals surface area contributed by atoms with Gasteiger partial charge >= 0.3 is 0 Å². The van der Waals surface area contributed by atoms with Crippen LogP contribution in [0.25, 0.3) is 0 Å². The first-order valence-corrected chi connectivity index (χ1v) is 6.69. The number of hydrogen-bond acceptors (Lipinski definition) is 2. The van der Waals surface area contributed by atoms with Crippen molar-refractivity contribution in [1.82, 2.24) is 5.32 Å². The summed E-state index contributed by atoms with van der Waals surface area (Å²) in [7, 11) is 0. The molecule has 19 heavy (non-hydrogen) atoms. The van der Waals surface area contributed by atoms with E-state index >= 15 is 0 Å². The fourth-order valence-corrected chi connectivity index (χ4v) is 2.01. The first-order valence-electron chi connectivity index (χ1n) is 6.69. The van der Waals surface area contributed by atoms with E-state index < -0.39 is 6.04 Å². The normalized spacial score (nSPS) is 14.2. The van der Waals surface area contributed by atoms with Crippen LogP contribution in [0.3, 0.4) is 0 Å². The first-order chi connectivity index (χ1) is 8.90. The van der Waals surface area contributed by atoms with Crippen molar-refractivity contribution in [3.05, 3.63) is 35.6 Å². The van der Waals surface area contributed by atoms with Gasteiger partial charge in [0, 0.05) is 6.04 Å². The summed E-state index contributed by atoms with van der Waals surface area (Å²) in [4.78, 5) is 11.8. The number of nitrogens with two attached hydrogens (primary N) is 1. The van der Waals surface area contributed by atoms with Gasteiger partial charge in [-0.1, -0.05) is 32.0 Å². The van der Waals surface area contributed by atoms with Gasteiger partial charge in [-0.15, -0.1) is 0 Å². The molecule has 1 unspecified atom stereocenters. The lowest BCUT2D eigenvalue weighted by molar-refractivity contribution is -0.123. The second-order valence-electron chi connectivity index (χ2n) is 5.44. The van der Waals surface area contributed by atoms with E-state index in [1.165, 1.54) is 6.07 Å². The molecule has 1 aromatic rings. The highest BCUT2D eigenvalue weighted by atomic mass is 19.1. The number of benzene rings is 1. The highest BCUT2D eigenvalue weighted by molar-refractivity contribution is 5.81. The Balaban J connectivity index is 2.49. The van der Waals surface area contributed by atoms with Crippen molar-refractivity contribution in [2.24, 2.45) is 11.7 Å². The van der Waals surface area contributed by atoms with Crippen molar-refractivity contribution >= 4 is 5.91 Å². The summed E-state index contributed by atoms with van der Waals surface area (Å²) in [6.07, 6.45) is 1.12. The second kappa shape index (κ2) is 7.24. The number of rotatable bonds is 6. The van der Waals surface area contributed by atoms with E-state index in [-0.39, 0.29) is 17.8 Å². The molecule has 0 fully saturated rings. The van der Waals surface area contributed by atoms with Crippen molar-refractivity contribution in [3.8, 4) is 0 Å². The van der Waals surface area contributed by atoms with Gasteiger partial charge in [0.25, 0.3) is 0 Å². The maximum Gasteiger partial charge on any atom is 0.237 e. The molecular weight excluding hydrogens is 243 g/mol. The summed E-state index contributed by atoms with van der Waals surface area (Å²) in [5, 5.41) is 2.83. The van der Waals surface area contributed by atoms with Crippen LogP contribution < -0.4 is 11.1 Å². The molecule has 2 atom stereocenters. The maximum atomic E-state index is 13.5. The summed E-state index contributed by atoms with van der Waals surface area (Å²) in [6.45, 7) is 5.90. The van der Waals surface area contributed by atoms with Crippen LogP contribution in [0.1, 0.15) is 32.8 Å². The Bertz CT molecular complexity index is 420. The lowest BCUT2D eigenvalue weighted by atomic mass is 10.0. The Morgan fingerprint density at radius 1 is 1.32 bits per heavy atom. The van der Waals surface area contributed by atoms with Gasteiger partial charge in [0.2, 0.25) is 5.91 Å². The largest absolute Gasteiger partial charge is 0.352 e. The van der Waals surface area contributed by atoms with Crippen LogP contribution in [0, 0.1) is 11.7 Å². The molecule has 0 saturated carbocycles. The van der Waals surface area contributed by atoms with Crippen LogP contribution in [-0.4, -0.2) is 18.0 Å². The van der Waals surface area contributed by atoms with E-state index in [0.717, 1.165) is 0 Å². The molecule has 0 aliphatic carbocycles. The highest BCUT2D eigenvalue weighted by Crippen LogP contribution is 2.09. The molecule has 4 heteroatoms. The van der Waals surface area contributed by atoms with Gasteiger partial charge in [0.1, 0.15) is 5.82 Å². The molecule has 0 radical (unpaired) electrons. The Hall–Kier alpha value is -1.42. The lowest BCUT2D eigenvalue weighted by Crippen LogP contribution is -2.45.